The summed E-state index contributed by atoms with van der Waals surface area (Å²) in [7, 11) is 0. The summed E-state index contributed by atoms with van der Waals surface area (Å²) in [5.41, 5.74) is 1.66. The van der Waals surface area contributed by atoms with Gasteiger partial charge in [0.1, 0.15) is 0 Å². The second kappa shape index (κ2) is 7.06. The number of rotatable bonds is 3. The molecule has 3 heteroatoms. The minimum atomic E-state index is -0.396. The lowest BCUT2D eigenvalue weighted by Crippen LogP contribution is -2.05. The molecule has 0 radical (unpaired) electrons. The first-order valence-corrected chi connectivity index (χ1v) is 6.59. The highest BCUT2D eigenvalue weighted by Crippen LogP contribution is 2.07. The van der Waals surface area contributed by atoms with Crippen molar-refractivity contribution in [2.75, 3.05) is 6.61 Å². The van der Waals surface area contributed by atoms with Crippen molar-refractivity contribution < 1.29 is 14.3 Å². The molecule has 0 heterocycles. The Morgan fingerprint density at radius 2 is 1.57 bits per heavy atom. The van der Waals surface area contributed by atoms with Crippen LogP contribution >= 0.6 is 0 Å². The van der Waals surface area contributed by atoms with Gasteiger partial charge >= 0.3 is 5.97 Å². The van der Waals surface area contributed by atoms with Crippen molar-refractivity contribution in [1.82, 2.24) is 0 Å². The Balaban J connectivity index is 2.11. The molecule has 21 heavy (non-hydrogen) atoms. The van der Waals surface area contributed by atoms with Gasteiger partial charge in [0.15, 0.2) is 0 Å². The van der Waals surface area contributed by atoms with Gasteiger partial charge in [-0.05, 0) is 49.2 Å². The van der Waals surface area contributed by atoms with Crippen LogP contribution in [0, 0.1) is 11.8 Å². The second-order valence-electron chi connectivity index (χ2n) is 4.24. The van der Waals surface area contributed by atoms with E-state index in [9.17, 15) is 9.59 Å². The van der Waals surface area contributed by atoms with Crippen molar-refractivity contribution in [3.05, 3.63) is 71.3 Å². The third-order valence-corrected chi connectivity index (χ3v) is 2.75. The maximum Gasteiger partial charge on any atom is 0.338 e. The first-order valence-electron chi connectivity index (χ1n) is 6.59. The summed E-state index contributed by atoms with van der Waals surface area (Å²) < 4.78 is 4.88. The highest BCUT2D eigenvalue weighted by molar-refractivity contribution is 6.09. The predicted octanol–water partition coefficient (Wildman–Crippen LogP) is 3.10. The number of benzene rings is 2. The van der Waals surface area contributed by atoms with E-state index in [0.29, 0.717) is 17.7 Å². The van der Waals surface area contributed by atoms with Crippen LogP contribution in [-0.4, -0.2) is 18.4 Å². The average Bonchev–Trinajstić information content (AvgIpc) is 2.54. The SMILES string of the molecule is CCOC(=O)c1ccc(C(=O)C#Cc2ccccc2)cc1. The fraction of sp³-hybridized carbons (Fsp3) is 0.111. The molecule has 0 atom stereocenters. The molecule has 2 aromatic carbocycles. The number of hydrogen-bond donors (Lipinski definition) is 0. The summed E-state index contributed by atoms with van der Waals surface area (Å²) in [6.07, 6.45) is 0. The van der Waals surface area contributed by atoms with Gasteiger partial charge in [-0.25, -0.2) is 4.79 Å². The van der Waals surface area contributed by atoms with Crippen molar-refractivity contribution in [2.24, 2.45) is 0 Å². The van der Waals surface area contributed by atoms with Crippen LogP contribution in [-0.2, 0) is 4.74 Å². The summed E-state index contributed by atoms with van der Waals surface area (Å²) in [4.78, 5) is 23.4. The van der Waals surface area contributed by atoms with Crippen LogP contribution in [0.15, 0.2) is 54.6 Å². The molecule has 0 fully saturated rings. The van der Waals surface area contributed by atoms with Gasteiger partial charge in [-0.1, -0.05) is 24.1 Å². The van der Waals surface area contributed by atoms with Gasteiger partial charge in [-0.2, -0.15) is 0 Å². The van der Waals surface area contributed by atoms with Crippen LogP contribution in [0.1, 0.15) is 33.2 Å². The lowest BCUT2D eigenvalue weighted by Gasteiger charge is -2.01. The fourth-order valence-electron chi connectivity index (χ4n) is 1.69. The maximum absolute atomic E-state index is 11.9. The monoisotopic (exact) mass is 278 g/mol. The van der Waals surface area contributed by atoms with E-state index in [1.165, 1.54) is 0 Å². The minimum Gasteiger partial charge on any atom is -0.462 e. The summed E-state index contributed by atoms with van der Waals surface area (Å²) >= 11 is 0. The Labute approximate surface area is 123 Å². The molecule has 0 N–H and O–H groups in total. The molecule has 0 unspecified atom stereocenters. The van der Waals surface area contributed by atoms with Crippen LogP contribution in [0.3, 0.4) is 0 Å². The number of hydrogen-bond acceptors (Lipinski definition) is 3. The Morgan fingerprint density at radius 1 is 0.952 bits per heavy atom. The Kier molecular flexibility index (Phi) is 4.89. The van der Waals surface area contributed by atoms with E-state index in [1.807, 2.05) is 30.3 Å². The van der Waals surface area contributed by atoms with E-state index >= 15 is 0 Å². The number of esters is 1. The molecule has 0 saturated heterocycles. The van der Waals surface area contributed by atoms with Crippen molar-refractivity contribution >= 4 is 11.8 Å². The number of ether oxygens (including phenoxy) is 1. The summed E-state index contributed by atoms with van der Waals surface area (Å²) in [5.74, 6) is 4.71. The highest BCUT2D eigenvalue weighted by Gasteiger charge is 2.07. The molecule has 0 saturated carbocycles. The lowest BCUT2D eigenvalue weighted by molar-refractivity contribution is 0.0526. The first-order chi connectivity index (χ1) is 10.2. The van der Waals surface area contributed by atoms with Gasteiger partial charge in [-0.3, -0.25) is 4.79 Å². The van der Waals surface area contributed by atoms with Crippen molar-refractivity contribution in [1.29, 1.82) is 0 Å². The van der Waals surface area contributed by atoms with Crippen molar-refractivity contribution in [2.45, 2.75) is 6.92 Å². The zero-order valence-electron chi connectivity index (χ0n) is 11.6. The van der Waals surface area contributed by atoms with E-state index in [-0.39, 0.29) is 5.78 Å². The summed E-state index contributed by atoms with van der Waals surface area (Å²) in [6, 6.07) is 15.6. The topological polar surface area (TPSA) is 43.4 Å². The van der Waals surface area contributed by atoms with Gasteiger partial charge in [0.05, 0.1) is 12.2 Å². The van der Waals surface area contributed by atoms with Gasteiger partial charge in [0.25, 0.3) is 0 Å². The van der Waals surface area contributed by atoms with E-state index in [0.717, 1.165) is 5.56 Å². The Morgan fingerprint density at radius 3 is 2.19 bits per heavy atom. The summed E-state index contributed by atoms with van der Waals surface area (Å²) in [6.45, 7) is 2.07. The highest BCUT2D eigenvalue weighted by atomic mass is 16.5. The number of Topliss-reactive ketones (excluding diaryl/α,β-unsaturated/α-hetero) is 1. The fourth-order valence-corrected chi connectivity index (χ4v) is 1.69. The molecule has 0 aliphatic carbocycles. The van der Waals surface area contributed by atoms with Crippen LogP contribution < -0.4 is 0 Å². The van der Waals surface area contributed by atoms with Gasteiger partial charge < -0.3 is 4.74 Å². The molecule has 0 aromatic heterocycles. The minimum absolute atomic E-state index is 0.283. The van der Waals surface area contributed by atoms with Crippen LogP contribution in [0.25, 0.3) is 0 Å². The molecular formula is C18H14O3. The van der Waals surface area contributed by atoms with Crippen LogP contribution in [0.4, 0.5) is 0 Å². The molecule has 3 nitrogen and oxygen atoms in total. The first kappa shape index (κ1) is 14.5. The molecule has 0 amide bonds. The third kappa shape index (κ3) is 4.05. The molecule has 0 aliphatic heterocycles. The zero-order chi connectivity index (χ0) is 15.1. The van der Waals surface area contributed by atoms with E-state index < -0.39 is 5.97 Å². The largest absolute Gasteiger partial charge is 0.462 e. The predicted molar refractivity (Wildman–Crippen MR) is 80.0 cm³/mol. The van der Waals surface area contributed by atoms with Gasteiger partial charge in [-0.15, -0.1) is 0 Å². The molecule has 2 rings (SSSR count). The molecule has 0 aliphatic rings. The van der Waals surface area contributed by atoms with E-state index in [1.54, 1.807) is 31.2 Å². The van der Waals surface area contributed by atoms with E-state index in [2.05, 4.69) is 11.8 Å². The molecule has 104 valence electrons. The Bertz CT molecular complexity index is 689. The van der Waals surface area contributed by atoms with Crippen molar-refractivity contribution in [3.63, 3.8) is 0 Å². The number of carbonyl (C=O) groups excluding carboxylic acids is 2. The standard InChI is InChI=1S/C18H14O3/c1-2-21-18(20)16-11-9-15(10-12-16)17(19)13-8-14-6-4-3-5-7-14/h3-7,9-12H,2H2,1H3. The quantitative estimate of drug-likeness (QED) is 0.492. The lowest BCUT2D eigenvalue weighted by atomic mass is 10.1. The molecule has 0 bridgehead atoms. The smallest absolute Gasteiger partial charge is 0.338 e. The summed E-state index contributed by atoms with van der Waals surface area (Å²) in [5, 5.41) is 0. The molecular weight excluding hydrogens is 264 g/mol. The van der Waals surface area contributed by atoms with E-state index in [4.69, 9.17) is 4.74 Å². The molecule has 0 spiro atoms. The third-order valence-electron chi connectivity index (χ3n) is 2.75. The Hall–Kier alpha value is -2.86. The van der Waals surface area contributed by atoms with Gasteiger partial charge in [0.2, 0.25) is 5.78 Å². The average molecular weight is 278 g/mol. The molecule has 2 aromatic rings. The van der Waals surface area contributed by atoms with Crippen LogP contribution in [0.2, 0.25) is 0 Å². The van der Waals surface area contributed by atoms with Gasteiger partial charge in [0, 0.05) is 11.1 Å². The number of ketones is 1. The van der Waals surface area contributed by atoms with Crippen molar-refractivity contribution in [3.8, 4) is 11.8 Å². The normalized spacial score (nSPS) is 9.38. The second-order valence-corrected chi connectivity index (χ2v) is 4.24. The zero-order valence-corrected chi connectivity index (χ0v) is 11.6. The number of carbonyl (C=O) groups is 2. The maximum atomic E-state index is 11.9. The van der Waals surface area contributed by atoms with Crippen LogP contribution in [0.5, 0.6) is 0 Å².